The van der Waals surface area contributed by atoms with Crippen LogP contribution in [0.1, 0.15) is 11.3 Å². The van der Waals surface area contributed by atoms with Crippen LogP contribution in [0.2, 0.25) is 0 Å². The van der Waals surface area contributed by atoms with E-state index in [0.717, 1.165) is 46.2 Å². The van der Waals surface area contributed by atoms with Crippen molar-refractivity contribution in [3.63, 3.8) is 0 Å². The quantitative estimate of drug-likeness (QED) is 0.399. The number of pyridine rings is 1. The third-order valence-corrected chi connectivity index (χ3v) is 7.90. The Hall–Kier alpha value is -3.98. The Bertz CT molecular complexity index is 1620. The molecule has 1 aliphatic heterocycles. The normalized spacial score (nSPS) is 13.9. The highest BCUT2D eigenvalue weighted by Crippen LogP contribution is 2.29. The van der Waals surface area contributed by atoms with Crippen molar-refractivity contribution in [2.75, 3.05) is 11.4 Å². The second-order valence-corrected chi connectivity index (χ2v) is 10.2. The number of rotatable bonds is 4. The van der Waals surface area contributed by atoms with E-state index in [4.69, 9.17) is 0 Å². The first-order valence-electron chi connectivity index (χ1n) is 11.0. The third kappa shape index (κ3) is 3.45. The first-order chi connectivity index (χ1) is 16.5. The fourth-order valence-electron chi connectivity index (χ4n) is 4.45. The summed E-state index contributed by atoms with van der Waals surface area (Å²) in [5, 5.41) is 9.30. The van der Waals surface area contributed by atoms with Gasteiger partial charge in [0.25, 0.3) is 10.0 Å². The average molecular weight is 471 g/mol. The van der Waals surface area contributed by atoms with Crippen molar-refractivity contribution in [2.45, 2.75) is 17.9 Å². The number of hydrogen-bond donors (Lipinski definition) is 0. The summed E-state index contributed by atoms with van der Waals surface area (Å²) in [6.07, 6.45) is 7.93. The molecule has 170 valence electrons. The van der Waals surface area contributed by atoms with E-state index in [0.29, 0.717) is 12.2 Å². The van der Waals surface area contributed by atoms with E-state index >= 15 is 0 Å². The fourth-order valence-corrected chi connectivity index (χ4v) is 5.80. The molecular weight excluding hydrogens is 448 g/mol. The van der Waals surface area contributed by atoms with Crippen LogP contribution in [0.3, 0.4) is 0 Å². The van der Waals surface area contributed by atoms with E-state index in [9.17, 15) is 8.42 Å². The lowest BCUT2D eigenvalue weighted by atomic mass is 10.1. The molecule has 8 nitrogen and oxygen atoms in total. The van der Waals surface area contributed by atoms with Gasteiger partial charge in [0.05, 0.1) is 35.0 Å². The molecule has 0 saturated heterocycles. The molecule has 0 N–H and O–H groups in total. The molecule has 4 heterocycles. The third-order valence-electron chi connectivity index (χ3n) is 6.28. The number of aromatic nitrogens is 5. The van der Waals surface area contributed by atoms with Crippen LogP contribution in [0.25, 0.3) is 22.0 Å². The van der Waals surface area contributed by atoms with Crippen LogP contribution in [0, 0.1) is 0 Å². The molecule has 0 bridgehead atoms. The van der Waals surface area contributed by atoms with Crippen molar-refractivity contribution in [3.05, 3.63) is 90.6 Å². The minimum absolute atomic E-state index is 0.205. The maximum atomic E-state index is 13.5. The molecule has 0 aliphatic carbocycles. The van der Waals surface area contributed by atoms with Crippen molar-refractivity contribution in [1.82, 2.24) is 24.0 Å². The van der Waals surface area contributed by atoms with E-state index in [1.165, 1.54) is 4.09 Å². The highest BCUT2D eigenvalue weighted by atomic mass is 32.2. The lowest BCUT2D eigenvalue weighted by molar-refractivity contribution is 0.573. The molecule has 3 aromatic heterocycles. The first-order valence-corrected chi connectivity index (χ1v) is 12.4. The number of benzene rings is 2. The topological polar surface area (TPSA) is 85.9 Å². The van der Waals surface area contributed by atoms with Crippen molar-refractivity contribution in [3.8, 4) is 11.1 Å². The Morgan fingerprint density at radius 3 is 2.59 bits per heavy atom. The zero-order valence-electron chi connectivity index (χ0n) is 18.5. The molecule has 34 heavy (non-hydrogen) atoms. The zero-order valence-corrected chi connectivity index (χ0v) is 19.4. The van der Waals surface area contributed by atoms with Crippen molar-refractivity contribution in [1.29, 1.82) is 0 Å². The van der Waals surface area contributed by atoms with Gasteiger partial charge in [-0.1, -0.05) is 18.2 Å². The molecule has 0 radical (unpaired) electrons. The van der Waals surface area contributed by atoms with Crippen molar-refractivity contribution in [2.24, 2.45) is 7.05 Å². The lowest BCUT2D eigenvalue weighted by Crippen LogP contribution is -2.32. The van der Waals surface area contributed by atoms with Gasteiger partial charge in [-0.15, -0.1) is 0 Å². The van der Waals surface area contributed by atoms with E-state index in [1.807, 2.05) is 25.5 Å². The van der Waals surface area contributed by atoms with E-state index in [1.54, 1.807) is 41.3 Å². The number of nitrogens with zero attached hydrogens (tertiary/aromatic N) is 6. The second-order valence-electron chi connectivity index (χ2n) is 8.44. The van der Waals surface area contributed by atoms with Crippen LogP contribution >= 0.6 is 0 Å². The predicted molar refractivity (Wildman–Crippen MR) is 130 cm³/mol. The minimum Gasteiger partial charge on any atom is -0.365 e. The molecular formula is C25H22N6O2S. The van der Waals surface area contributed by atoms with Crippen molar-refractivity contribution < 1.29 is 8.42 Å². The number of aryl methyl sites for hydroxylation is 1. The maximum absolute atomic E-state index is 13.5. The van der Waals surface area contributed by atoms with E-state index in [-0.39, 0.29) is 4.90 Å². The van der Waals surface area contributed by atoms with Gasteiger partial charge < -0.3 is 4.90 Å². The fraction of sp³-hybridized carbons (Fsp3) is 0.160. The standard InChI is InChI=1S/C25H22N6O2S/c1-29-16-21(15-27-29)18-4-6-22(7-5-18)30-12-10-20-14-28-31(25(20)17-30)34(32,33)23-8-9-24-19(13-23)3-2-11-26-24/h2-9,11,13-16H,10,12,17H2,1H3. The lowest BCUT2D eigenvalue weighted by Gasteiger charge is -2.29. The number of fused-ring (bicyclic) bond motifs is 2. The minimum atomic E-state index is -3.83. The summed E-state index contributed by atoms with van der Waals surface area (Å²) in [6, 6.07) is 16.9. The highest BCUT2D eigenvalue weighted by Gasteiger charge is 2.28. The van der Waals surface area contributed by atoms with Crippen LogP contribution in [-0.2, 0) is 30.0 Å². The average Bonchev–Trinajstić information content (AvgIpc) is 3.50. The Morgan fingerprint density at radius 2 is 1.79 bits per heavy atom. The van der Waals surface area contributed by atoms with Crippen LogP contribution in [0.5, 0.6) is 0 Å². The molecule has 6 rings (SSSR count). The summed E-state index contributed by atoms with van der Waals surface area (Å²) >= 11 is 0. The summed E-state index contributed by atoms with van der Waals surface area (Å²) in [4.78, 5) is 6.67. The number of anilines is 1. The number of hydrogen-bond acceptors (Lipinski definition) is 6. The van der Waals surface area contributed by atoms with Crippen molar-refractivity contribution >= 4 is 26.6 Å². The molecule has 0 spiro atoms. The van der Waals surface area contributed by atoms with Gasteiger partial charge in [-0.25, -0.2) is 0 Å². The molecule has 5 aromatic rings. The SMILES string of the molecule is Cn1cc(-c2ccc(N3CCc4cnn(S(=O)(=O)c5ccc6ncccc6c5)c4C3)cc2)cn1. The van der Waals surface area contributed by atoms with Gasteiger partial charge >= 0.3 is 0 Å². The van der Waals surface area contributed by atoms with Gasteiger partial charge in [0, 0.05) is 42.6 Å². The molecule has 1 aliphatic rings. The molecule has 0 fully saturated rings. The summed E-state index contributed by atoms with van der Waals surface area (Å²) in [7, 11) is -1.93. The summed E-state index contributed by atoms with van der Waals surface area (Å²) in [5.41, 5.74) is 5.62. The Morgan fingerprint density at radius 1 is 0.941 bits per heavy atom. The van der Waals surface area contributed by atoms with Gasteiger partial charge in [0.2, 0.25) is 0 Å². The maximum Gasteiger partial charge on any atom is 0.283 e. The molecule has 0 saturated carbocycles. The Kier molecular flexibility index (Phi) is 4.73. The monoisotopic (exact) mass is 470 g/mol. The summed E-state index contributed by atoms with van der Waals surface area (Å²) in [6.45, 7) is 1.27. The van der Waals surface area contributed by atoms with Crippen LogP contribution < -0.4 is 4.90 Å². The Balaban J connectivity index is 1.31. The van der Waals surface area contributed by atoms with Gasteiger partial charge in [-0.2, -0.15) is 22.7 Å². The van der Waals surface area contributed by atoms with Gasteiger partial charge in [0.1, 0.15) is 0 Å². The Labute approximate surface area is 197 Å². The summed E-state index contributed by atoms with van der Waals surface area (Å²) in [5.74, 6) is 0. The molecule has 0 unspecified atom stereocenters. The molecule has 2 aromatic carbocycles. The van der Waals surface area contributed by atoms with Gasteiger partial charge in [0.15, 0.2) is 0 Å². The van der Waals surface area contributed by atoms with Crippen LogP contribution in [-0.4, -0.2) is 38.9 Å². The first kappa shape index (κ1) is 20.6. The molecule has 9 heteroatoms. The molecule has 0 amide bonds. The van der Waals surface area contributed by atoms with Gasteiger partial charge in [-0.05, 0) is 53.9 Å². The highest BCUT2D eigenvalue weighted by molar-refractivity contribution is 7.89. The van der Waals surface area contributed by atoms with E-state index < -0.39 is 10.0 Å². The van der Waals surface area contributed by atoms with Gasteiger partial charge in [-0.3, -0.25) is 9.67 Å². The summed E-state index contributed by atoms with van der Waals surface area (Å²) < 4.78 is 30.0. The second kappa shape index (κ2) is 7.81. The van der Waals surface area contributed by atoms with Crippen LogP contribution in [0.4, 0.5) is 5.69 Å². The van der Waals surface area contributed by atoms with E-state index in [2.05, 4.69) is 44.3 Å². The zero-order chi connectivity index (χ0) is 23.3. The molecule has 0 atom stereocenters. The predicted octanol–water partition coefficient (Wildman–Crippen LogP) is 3.63. The largest absolute Gasteiger partial charge is 0.365 e. The smallest absolute Gasteiger partial charge is 0.283 e. The van der Waals surface area contributed by atoms with Crippen LogP contribution in [0.15, 0.2) is 84.3 Å².